The first kappa shape index (κ1) is 25.3. The Labute approximate surface area is 223 Å². The molecule has 0 atom stereocenters. The van der Waals surface area contributed by atoms with Crippen molar-refractivity contribution in [2.75, 3.05) is 37.7 Å². The van der Waals surface area contributed by atoms with Crippen molar-refractivity contribution in [3.63, 3.8) is 0 Å². The third-order valence-electron chi connectivity index (χ3n) is 7.20. The summed E-state index contributed by atoms with van der Waals surface area (Å²) < 4.78 is 7.90. The molecule has 1 amide bonds. The lowest BCUT2D eigenvalue weighted by atomic mass is 10.1. The fourth-order valence-corrected chi connectivity index (χ4v) is 5.04. The Kier molecular flexibility index (Phi) is 7.31. The van der Waals surface area contributed by atoms with Gasteiger partial charge in [-0.3, -0.25) is 10.2 Å². The first-order valence-electron chi connectivity index (χ1n) is 13.1. The predicted octanol–water partition coefficient (Wildman–Crippen LogP) is 4.00. The van der Waals surface area contributed by atoms with Gasteiger partial charge in [0, 0.05) is 50.8 Å². The van der Waals surface area contributed by atoms with Crippen molar-refractivity contribution in [3.05, 3.63) is 89.2 Å². The summed E-state index contributed by atoms with van der Waals surface area (Å²) in [6, 6.07) is 21.7. The molecule has 4 aromatic rings. The van der Waals surface area contributed by atoms with Gasteiger partial charge < -0.3 is 24.8 Å². The van der Waals surface area contributed by atoms with Gasteiger partial charge in [-0.05, 0) is 49.2 Å². The number of amides is 1. The van der Waals surface area contributed by atoms with E-state index in [1.54, 1.807) is 0 Å². The van der Waals surface area contributed by atoms with Crippen molar-refractivity contribution in [2.24, 2.45) is 12.8 Å². The number of nitrogens with one attached hydrogen (secondary N) is 1. The lowest BCUT2D eigenvalue weighted by Crippen LogP contribution is -2.48. The maximum absolute atomic E-state index is 13.4. The van der Waals surface area contributed by atoms with Gasteiger partial charge in [-0.1, -0.05) is 36.4 Å². The summed E-state index contributed by atoms with van der Waals surface area (Å²) in [5.41, 5.74) is 11.1. The summed E-state index contributed by atoms with van der Waals surface area (Å²) >= 11 is 0. The number of fused-ring (bicyclic) bond motifs is 1. The van der Waals surface area contributed by atoms with Crippen LogP contribution in [0.3, 0.4) is 0 Å². The molecule has 1 aliphatic heterocycles. The summed E-state index contributed by atoms with van der Waals surface area (Å²) in [6.45, 7) is 5.46. The predicted molar refractivity (Wildman–Crippen MR) is 151 cm³/mol. The van der Waals surface area contributed by atoms with Crippen molar-refractivity contribution in [1.29, 1.82) is 5.41 Å². The summed E-state index contributed by atoms with van der Waals surface area (Å²) in [5.74, 6) is 1.98. The van der Waals surface area contributed by atoms with Crippen molar-refractivity contribution in [1.82, 2.24) is 14.5 Å². The third-order valence-corrected chi connectivity index (χ3v) is 7.20. The van der Waals surface area contributed by atoms with E-state index < -0.39 is 0 Å². The largest absolute Gasteiger partial charge is 0.492 e. The van der Waals surface area contributed by atoms with E-state index in [0.717, 1.165) is 59.8 Å². The number of amidine groups is 1. The molecule has 0 unspecified atom stereocenters. The molecular weight excluding hydrogens is 476 g/mol. The van der Waals surface area contributed by atoms with E-state index in [0.29, 0.717) is 25.3 Å². The summed E-state index contributed by atoms with van der Waals surface area (Å²) in [4.78, 5) is 22.4. The van der Waals surface area contributed by atoms with Gasteiger partial charge in [-0.15, -0.1) is 0 Å². The van der Waals surface area contributed by atoms with Gasteiger partial charge in [0.15, 0.2) is 0 Å². The van der Waals surface area contributed by atoms with Gasteiger partial charge in [-0.25, -0.2) is 4.98 Å². The number of carbonyl (C=O) groups excluding carboxylic acids is 1. The number of aryl methyl sites for hydroxylation is 3. The van der Waals surface area contributed by atoms with Crippen molar-refractivity contribution in [3.8, 4) is 5.75 Å². The molecule has 1 aromatic heterocycles. The minimum atomic E-state index is 0.0439. The topological polar surface area (TPSA) is 100 Å². The van der Waals surface area contributed by atoms with Gasteiger partial charge in [0.05, 0.1) is 23.3 Å². The average Bonchev–Trinajstić information content (AvgIpc) is 3.26. The minimum Gasteiger partial charge on any atom is -0.492 e. The Morgan fingerprint density at radius 1 is 0.974 bits per heavy atom. The molecular formula is C30H34N6O2. The Bertz CT molecular complexity index is 1450. The number of piperazine rings is 1. The maximum Gasteiger partial charge on any atom is 0.254 e. The average molecular weight is 511 g/mol. The zero-order valence-electron chi connectivity index (χ0n) is 22.0. The molecule has 0 saturated carbocycles. The number of para-hydroxylation sites is 2. The highest BCUT2D eigenvalue weighted by atomic mass is 16.5. The summed E-state index contributed by atoms with van der Waals surface area (Å²) in [6.07, 6.45) is 1.61. The molecule has 8 heteroatoms. The molecule has 196 valence electrons. The quantitative estimate of drug-likeness (QED) is 0.276. The zero-order chi connectivity index (χ0) is 26.6. The summed E-state index contributed by atoms with van der Waals surface area (Å²) in [5, 5.41) is 7.54. The highest BCUT2D eigenvalue weighted by Crippen LogP contribution is 2.29. The van der Waals surface area contributed by atoms with E-state index in [9.17, 15) is 4.79 Å². The minimum absolute atomic E-state index is 0.0439. The van der Waals surface area contributed by atoms with Crippen LogP contribution in [0.15, 0.2) is 66.7 Å². The zero-order valence-corrected chi connectivity index (χ0v) is 22.0. The Balaban J connectivity index is 1.24. The SMILES string of the molecule is CCOc1ccccc1N1CCN(C(=O)c2ccc3c(c2)nc(CCc2ccc(C(=N)N)cc2)n3C)CC1. The normalized spacial score (nSPS) is 13.6. The first-order chi connectivity index (χ1) is 18.4. The molecule has 3 aromatic carbocycles. The van der Waals surface area contributed by atoms with Crippen LogP contribution in [0.4, 0.5) is 5.69 Å². The van der Waals surface area contributed by atoms with E-state index in [4.69, 9.17) is 20.9 Å². The van der Waals surface area contributed by atoms with Crippen LogP contribution in [0, 0.1) is 5.41 Å². The fraction of sp³-hybridized carbons (Fsp3) is 0.300. The van der Waals surface area contributed by atoms with Crippen molar-refractivity contribution in [2.45, 2.75) is 19.8 Å². The number of ether oxygens (including phenoxy) is 1. The van der Waals surface area contributed by atoms with Crippen molar-refractivity contribution >= 4 is 28.5 Å². The summed E-state index contributed by atoms with van der Waals surface area (Å²) in [7, 11) is 2.02. The number of carbonyl (C=O) groups is 1. The highest BCUT2D eigenvalue weighted by Gasteiger charge is 2.24. The number of imidazole rings is 1. The number of benzene rings is 3. The van der Waals surface area contributed by atoms with Crippen LogP contribution in [0.25, 0.3) is 11.0 Å². The van der Waals surface area contributed by atoms with Gasteiger partial charge in [0.1, 0.15) is 17.4 Å². The van der Waals surface area contributed by atoms with Gasteiger partial charge in [0.2, 0.25) is 0 Å². The fourth-order valence-electron chi connectivity index (χ4n) is 5.04. The smallest absolute Gasteiger partial charge is 0.254 e. The number of hydrogen-bond acceptors (Lipinski definition) is 5. The molecule has 1 fully saturated rings. The van der Waals surface area contributed by atoms with Crippen LogP contribution in [-0.2, 0) is 19.9 Å². The Hall–Kier alpha value is -4.33. The standard InChI is InChI=1S/C30H34N6O2/c1-3-38-27-7-5-4-6-26(27)35-16-18-36(19-17-35)30(37)23-13-14-25-24(20-23)33-28(34(25)2)15-10-21-8-11-22(12-9-21)29(31)32/h4-9,11-14,20H,3,10,15-19H2,1-2H3,(H3,31,32). The molecule has 38 heavy (non-hydrogen) atoms. The maximum atomic E-state index is 13.4. The van der Waals surface area contributed by atoms with Gasteiger partial charge >= 0.3 is 0 Å². The van der Waals surface area contributed by atoms with Crippen LogP contribution in [0.1, 0.15) is 34.2 Å². The van der Waals surface area contributed by atoms with Gasteiger partial charge in [0.25, 0.3) is 5.91 Å². The molecule has 2 heterocycles. The molecule has 0 aliphatic carbocycles. The van der Waals surface area contributed by atoms with E-state index in [2.05, 4.69) is 15.5 Å². The van der Waals surface area contributed by atoms with Crippen LogP contribution < -0.4 is 15.4 Å². The van der Waals surface area contributed by atoms with Gasteiger partial charge in [-0.2, -0.15) is 0 Å². The highest BCUT2D eigenvalue weighted by molar-refractivity contribution is 5.97. The molecule has 3 N–H and O–H groups in total. The van der Waals surface area contributed by atoms with Crippen molar-refractivity contribution < 1.29 is 9.53 Å². The second-order valence-electron chi connectivity index (χ2n) is 9.58. The molecule has 8 nitrogen and oxygen atoms in total. The molecule has 1 aliphatic rings. The van der Waals surface area contributed by atoms with Crippen LogP contribution >= 0.6 is 0 Å². The lowest BCUT2D eigenvalue weighted by Gasteiger charge is -2.36. The third kappa shape index (κ3) is 5.20. The van der Waals surface area contributed by atoms with Crippen LogP contribution in [0.2, 0.25) is 0 Å². The molecule has 0 spiro atoms. The number of aromatic nitrogens is 2. The molecule has 0 bridgehead atoms. The molecule has 5 rings (SSSR count). The number of rotatable bonds is 8. The number of nitrogen functional groups attached to an aromatic ring is 1. The monoisotopic (exact) mass is 510 g/mol. The number of hydrogen-bond donors (Lipinski definition) is 2. The Morgan fingerprint density at radius 3 is 2.39 bits per heavy atom. The van der Waals surface area contributed by atoms with Crippen LogP contribution in [-0.4, -0.2) is 59.0 Å². The lowest BCUT2D eigenvalue weighted by molar-refractivity contribution is 0.0747. The number of anilines is 1. The van der Waals surface area contributed by atoms with Crippen LogP contribution in [0.5, 0.6) is 5.75 Å². The second-order valence-corrected chi connectivity index (χ2v) is 9.58. The second kappa shape index (κ2) is 11.0. The number of nitrogens with two attached hydrogens (primary N) is 1. The Morgan fingerprint density at radius 2 is 1.68 bits per heavy atom. The van der Waals surface area contributed by atoms with E-state index in [-0.39, 0.29) is 11.7 Å². The molecule has 1 saturated heterocycles. The molecule has 0 radical (unpaired) electrons. The van der Waals surface area contributed by atoms with E-state index in [1.165, 1.54) is 5.56 Å². The van der Waals surface area contributed by atoms with E-state index in [1.807, 2.05) is 79.5 Å². The van der Waals surface area contributed by atoms with E-state index >= 15 is 0 Å². The number of nitrogens with zero attached hydrogens (tertiary/aromatic N) is 4. The first-order valence-corrected chi connectivity index (χ1v) is 13.1.